The summed E-state index contributed by atoms with van der Waals surface area (Å²) in [4.78, 5) is 0. The summed E-state index contributed by atoms with van der Waals surface area (Å²) in [6, 6.07) is 22.2. The van der Waals surface area contributed by atoms with Crippen LogP contribution in [0, 0.1) is 0 Å². The highest BCUT2D eigenvalue weighted by Gasteiger charge is 2.12. The molecule has 4 heteroatoms. The van der Waals surface area contributed by atoms with Crippen molar-refractivity contribution in [1.82, 2.24) is 9.13 Å². The standard InChI is InChI=1S/C26H22N2O2/c1-27-23-11-15-5-7-20-19(21(15)9-17(23)13-25(27)29-3)8-6-16-12-24-18(10-22(16)20)14-26(30-4)28(24)2/h5-14H,1-4H3. The lowest BCUT2D eigenvalue weighted by molar-refractivity contribution is 0.384. The van der Waals surface area contributed by atoms with Gasteiger partial charge in [-0.15, -0.1) is 0 Å². The van der Waals surface area contributed by atoms with Crippen LogP contribution >= 0.6 is 0 Å². The van der Waals surface area contributed by atoms with E-state index in [2.05, 4.69) is 69.8 Å². The Bertz CT molecular complexity index is 1510. The topological polar surface area (TPSA) is 28.3 Å². The molecule has 148 valence electrons. The summed E-state index contributed by atoms with van der Waals surface area (Å²) < 4.78 is 15.2. The fraction of sp³-hybridized carbons (Fsp3) is 0.154. The maximum atomic E-state index is 5.51. The molecule has 0 amide bonds. The fourth-order valence-corrected chi connectivity index (χ4v) is 4.88. The maximum absolute atomic E-state index is 5.51. The van der Waals surface area contributed by atoms with Crippen LogP contribution in [-0.4, -0.2) is 23.4 Å². The van der Waals surface area contributed by atoms with Gasteiger partial charge in [0.15, 0.2) is 11.8 Å². The van der Waals surface area contributed by atoms with Crippen LogP contribution in [0.2, 0.25) is 0 Å². The number of hydrogen-bond donors (Lipinski definition) is 0. The Morgan fingerprint density at radius 3 is 1.33 bits per heavy atom. The van der Waals surface area contributed by atoms with Crippen molar-refractivity contribution in [3.05, 3.63) is 60.7 Å². The molecule has 0 atom stereocenters. The smallest absolute Gasteiger partial charge is 0.193 e. The lowest BCUT2D eigenvalue weighted by Crippen LogP contribution is -1.92. The number of benzene rings is 4. The molecule has 0 aliphatic rings. The third kappa shape index (κ3) is 2.16. The molecule has 0 saturated heterocycles. The lowest BCUT2D eigenvalue weighted by Gasteiger charge is -2.09. The van der Waals surface area contributed by atoms with Gasteiger partial charge in [-0.05, 0) is 56.6 Å². The second kappa shape index (κ2) is 5.92. The van der Waals surface area contributed by atoms with Gasteiger partial charge < -0.3 is 18.6 Å². The van der Waals surface area contributed by atoms with Crippen LogP contribution in [0.15, 0.2) is 60.7 Å². The first-order valence-electron chi connectivity index (χ1n) is 10.0. The van der Waals surface area contributed by atoms with Gasteiger partial charge in [0, 0.05) is 37.0 Å². The summed E-state index contributed by atoms with van der Waals surface area (Å²) in [5.74, 6) is 1.74. The van der Waals surface area contributed by atoms with Crippen LogP contribution in [0.4, 0.5) is 0 Å². The van der Waals surface area contributed by atoms with Crippen LogP contribution in [0.5, 0.6) is 11.8 Å². The number of ether oxygens (including phenoxy) is 2. The lowest BCUT2D eigenvalue weighted by atomic mass is 9.95. The van der Waals surface area contributed by atoms with Gasteiger partial charge in [-0.3, -0.25) is 0 Å². The molecule has 0 spiro atoms. The van der Waals surface area contributed by atoms with E-state index in [0.29, 0.717) is 0 Å². The Labute approximate surface area is 173 Å². The van der Waals surface area contributed by atoms with Gasteiger partial charge in [0.1, 0.15) is 0 Å². The van der Waals surface area contributed by atoms with Gasteiger partial charge in [0.05, 0.1) is 25.3 Å². The Kier molecular flexibility index (Phi) is 3.40. The molecule has 0 saturated carbocycles. The summed E-state index contributed by atoms with van der Waals surface area (Å²) in [6.45, 7) is 0. The van der Waals surface area contributed by atoms with Crippen LogP contribution < -0.4 is 9.47 Å². The quantitative estimate of drug-likeness (QED) is 0.330. The molecule has 6 aromatic rings. The zero-order chi connectivity index (χ0) is 20.6. The highest BCUT2D eigenvalue weighted by molar-refractivity contribution is 6.20. The minimum Gasteiger partial charge on any atom is -0.482 e. The van der Waals surface area contributed by atoms with E-state index in [4.69, 9.17) is 9.47 Å². The Morgan fingerprint density at radius 2 is 0.933 bits per heavy atom. The number of aryl methyl sites for hydroxylation is 2. The van der Waals surface area contributed by atoms with Gasteiger partial charge in [-0.25, -0.2) is 0 Å². The van der Waals surface area contributed by atoms with E-state index in [0.717, 1.165) is 11.8 Å². The average Bonchev–Trinajstić information content (AvgIpc) is 3.26. The van der Waals surface area contributed by atoms with Crippen LogP contribution in [0.3, 0.4) is 0 Å². The zero-order valence-electron chi connectivity index (χ0n) is 17.5. The van der Waals surface area contributed by atoms with Crippen molar-refractivity contribution in [3.63, 3.8) is 0 Å². The third-order valence-corrected chi connectivity index (χ3v) is 6.49. The Hall–Kier alpha value is -3.66. The molecule has 30 heavy (non-hydrogen) atoms. The minimum absolute atomic E-state index is 0.871. The molecule has 0 N–H and O–H groups in total. The molecule has 4 nitrogen and oxygen atoms in total. The van der Waals surface area contributed by atoms with Crippen LogP contribution in [-0.2, 0) is 14.1 Å². The SMILES string of the molecule is COc1cc2cc3c(ccc4c5cc6cc(OC)n(C)c6cc5ccc34)cc2n1C. The average molecular weight is 394 g/mol. The predicted octanol–water partition coefficient (Wildman–Crippen LogP) is 6.15. The summed E-state index contributed by atoms with van der Waals surface area (Å²) in [6.07, 6.45) is 0. The zero-order valence-corrected chi connectivity index (χ0v) is 17.5. The van der Waals surface area contributed by atoms with Gasteiger partial charge in [0.2, 0.25) is 0 Å². The van der Waals surface area contributed by atoms with Crippen LogP contribution in [0.1, 0.15) is 0 Å². The first-order chi connectivity index (χ1) is 14.6. The Balaban J connectivity index is 1.71. The maximum Gasteiger partial charge on any atom is 0.193 e. The number of rotatable bonds is 2. The molecule has 2 aromatic heterocycles. The molecular weight excluding hydrogens is 372 g/mol. The van der Waals surface area contributed by atoms with Crippen LogP contribution in [0.25, 0.3) is 54.1 Å². The number of aromatic nitrogens is 2. The van der Waals surface area contributed by atoms with E-state index in [9.17, 15) is 0 Å². The third-order valence-electron chi connectivity index (χ3n) is 6.49. The molecule has 4 aromatic carbocycles. The van der Waals surface area contributed by atoms with Crippen molar-refractivity contribution in [2.45, 2.75) is 0 Å². The first kappa shape index (κ1) is 17.2. The monoisotopic (exact) mass is 394 g/mol. The summed E-state index contributed by atoms with van der Waals surface area (Å²) >= 11 is 0. The Morgan fingerprint density at radius 1 is 0.500 bits per heavy atom. The highest BCUT2D eigenvalue weighted by atomic mass is 16.5. The van der Waals surface area contributed by atoms with E-state index in [1.54, 1.807) is 14.2 Å². The van der Waals surface area contributed by atoms with Crippen molar-refractivity contribution in [3.8, 4) is 11.8 Å². The van der Waals surface area contributed by atoms with Crippen molar-refractivity contribution in [2.24, 2.45) is 14.1 Å². The van der Waals surface area contributed by atoms with Crippen molar-refractivity contribution in [2.75, 3.05) is 14.2 Å². The number of fused-ring (bicyclic) bond motifs is 7. The van der Waals surface area contributed by atoms with Gasteiger partial charge in [0.25, 0.3) is 0 Å². The molecular formula is C26H22N2O2. The van der Waals surface area contributed by atoms with E-state index >= 15 is 0 Å². The van der Waals surface area contributed by atoms with Gasteiger partial charge in [-0.2, -0.15) is 0 Å². The van der Waals surface area contributed by atoms with Gasteiger partial charge in [-0.1, -0.05) is 24.3 Å². The minimum atomic E-state index is 0.871. The number of methoxy groups -OCH3 is 2. The molecule has 0 bridgehead atoms. The van der Waals surface area contributed by atoms with E-state index in [1.807, 2.05) is 14.1 Å². The molecule has 2 heterocycles. The number of hydrogen-bond acceptors (Lipinski definition) is 2. The van der Waals surface area contributed by atoms with Gasteiger partial charge >= 0.3 is 0 Å². The second-order valence-corrected chi connectivity index (χ2v) is 7.98. The predicted molar refractivity (Wildman–Crippen MR) is 125 cm³/mol. The van der Waals surface area contributed by atoms with E-state index in [1.165, 1.54) is 54.1 Å². The normalized spacial score (nSPS) is 12.0. The fourth-order valence-electron chi connectivity index (χ4n) is 4.88. The molecule has 0 radical (unpaired) electrons. The van der Waals surface area contributed by atoms with E-state index in [-0.39, 0.29) is 0 Å². The largest absolute Gasteiger partial charge is 0.482 e. The summed E-state index contributed by atoms with van der Waals surface area (Å²) in [5, 5.41) is 9.93. The summed E-state index contributed by atoms with van der Waals surface area (Å²) in [7, 11) is 7.52. The first-order valence-corrected chi connectivity index (χ1v) is 10.0. The molecule has 6 rings (SSSR count). The second-order valence-electron chi connectivity index (χ2n) is 7.98. The summed E-state index contributed by atoms with van der Waals surface area (Å²) in [5.41, 5.74) is 2.36. The van der Waals surface area contributed by atoms with E-state index < -0.39 is 0 Å². The number of nitrogens with zero attached hydrogens (tertiary/aromatic N) is 2. The molecule has 0 aliphatic carbocycles. The van der Waals surface area contributed by atoms with Crippen molar-refractivity contribution >= 4 is 54.1 Å². The molecule has 0 fully saturated rings. The van der Waals surface area contributed by atoms with Crippen molar-refractivity contribution < 1.29 is 9.47 Å². The highest BCUT2D eigenvalue weighted by Crippen LogP contribution is 2.37. The van der Waals surface area contributed by atoms with Crippen molar-refractivity contribution in [1.29, 1.82) is 0 Å². The molecule has 0 aliphatic heterocycles. The molecule has 0 unspecified atom stereocenters.